The minimum Gasteiger partial charge on any atom is -0.365 e. The van der Waals surface area contributed by atoms with E-state index in [1.165, 1.54) is 12.1 Å². The topological polar surface area (TPSA) is 48.7 Å². The first kappa shape index (κ1) is 11.1. The molecule has 0 saturated carbocycles. The highest BCUT2D eigenvalue weighted by atomic mass is 19.1. The molecular formula is C13H10FN3. The van der Waals surface area contributed by atoms with Crippen LogP contribution in [0.4, 0.5) is 10.2 Å². The van der Waals surface area contributed by atoms with Crippen LogP contribution in [-0.2, 0) is 6.54 Å². The van der Waals surface area contributed by atoms with E-state index in [1.807, 2.05) is 0 Å². The monoisotopic (exact) mass is 227 g/mol. The number of pyridine rings is 1. The second-order valence-electron chi connectivity index (χ2n) is 3.49. The number of benzene rings is 1. The molecule has 1 N–H and O–H groups in total. The van der Waals surface area contributed by atoms with Gasteiger partial charge in [0.25, 0.3) is 0 Å². The molecule has 84 valence electrons. The minimum atomic E-state index is -0.260. The fraction of sp³-hybridized carbons (Fsp3) is 0.0769. The van der Waals surface area contributed by atoms with Gasteiger partial charge in [0.2, 0.25) is 0 Å². The number of aromatic nitrogens is 1. The van der Waals surface area contributed by atoms with E-state index < -0.39 is 0 Å². The van der Waals surface area contributed by atoms with Crippen molar-refractivity contribution in [2.45, 2.75) is 6.54 Å². The van der Waals surface area contributed by atoms with E-state index in [4.69, 9.17) is 5.26 Å². The number of halogens is 1. The third-order valence-electron chi connectivity index (χ3n) is 2.30. The van der Waals surface area contributed by atoms with Gasteiger partial charge in [0.05, 0.1) is 5.56 Å². The van der Waals surface area contributed by atoms with Gasteiger partial charge in [-0.3, -0.25) is 0 Å². The Labute approximate surface area is 98.5 Å². The Morgan fingerprint density at radius 1 is 1.24 bits per heavy atom. The quantitative estimate of drug-likeness (QED) is 0.877. The van der Waals surface area contributed by atoms with Gasteiger partial charge in [0.1, 0.15) is 17.7 Å². The molecule has 0 aliphatic heterocycles. The fourth-order valence-electron chi connectivity index (χ4n) is 1.42. The van der Waals surface area contributed by atoms with Gasteiger partial charge in [0, 0.05) is 12.7 Å². The smallest absolute Gasteiger partial charge is 0.144 e. The van der Waals surface area contributed by atoms with Gasteiger partial charge in [-0.2, -0.15) is 5.26 Å². The number of nitrogens with zero attached hydrogens (tertiary/aromatic N) is 2. The molecule has 2 rings (SSSR count). The van der Waals surface area contributed by atoms with Gasteiger partial charge in [-0.1, -0.05) is 12.1 Å². The molecule has 0 atom stereocenters. The van der Waals surface area contributed by atoms with Crippen molar-refractivity contribution < 1.29 is 4.39 Å². The van der Waals surface area contributed by atoms with Gasteiger partial charge < -0.3 is 5.32 Å². The second kappa shape index (κ2) is 5.08. The Balaban J connectivity index is 2.08. The van der Waals surface area contributed by atoms with Gasteiger partial charge in [0.15, 0.2) is 0 Å². The summed E-state index contributed by atoms with van der Waals surface area (Å²) in [5, 5.41) is 11.9. The summed E-state index contributed by atoms with van der Waals surface area (Å²) in [6.07, 6.45) is 1.62. The molecule has 0 aliphatic rings. The zero-order valence-corrected chi connectivity index (χ0v) is 9.02. The lowest BCUT2D eigenvalue weighted by molar-refractivity contribution is 0.627. The summed E-state index contributed by atoms with van der Waals surface area (Å²) >= 11 is 0. The van der Waals surface area contributed by atoms with Gasteiger partial charge >= 0.3 is 0 Å². The largest absolute Gasteiger partial charge is 0.365 e. The lowest BCUT2D eigenvalue weighted by Gasteiger charge is -2.06. The number of anilines is 1. The lowest BCUT2D eigenvalue weighted by Crippen LogP contribution is -2.03. The van der Waals surface area contributed by atoms with Crippen LogP contribution in [0, 0.1) is 17.1 Å². The Hall–Kier alpha value is -2.41. The highest BCUT2D eigenvalue weighted by Gasteiger charge is 2.01. The van der Waals surface area contributed by atoms with E-state index in [0.29, 0.717) is 17.9 Å². The first-order valence-electron chi connectivity index (χ1n) is 5.13. The van der Waals surface area contributed by atoms with Crippen LogP contribution in [0.2, 0.25) is 0 Å². The average molecular weight is 227 g/mol. The summed E-state index contributed by atoms with van der Waals surface area (Å²) in [6.45, 7) is 0.506. The van der Waals surface area contributed by atoms with Crippen molar-refractivity contribution in [1.29, 1.82) is 5.26 Å². The summed E-state index contributed by atoms with van der Waals surface area (Å²) in [4.78, 5) is 4.07. The van der Waals surface area contributed by atoms with Crippen LogP contribution in [-0.4, -0.2) is 4.98 Å². The van der Waals surface area contributed by atoms with E-state index in [9.17, 15) is 4.39 Å². The molecule has 1 aromatic carbocycles. The highest BCUT2D eigenvalue weighted by Crippen LogP contribution is 2.11. The first-order valence-corrected chi connectivity index (χ1v) is 5.13. The molecule has 4 heteroatoms. The highest BCUT2D eigenvalue weighted by molar-refractivity contribution is 5.51. The molecule has 0 spiro atoms. The van der Waals surface area contributed by atoms with Gasteiger partial charge in [-0.15, -0.1) is 0 Å². The molecule has 0 bridgehead atoms. The number of hydrogen-bond acceptors (Lipinski definition) is 3. The van der Waals surface area contributed by atoms with E-state index in [-0.39, 0.29) is 5.82 Å². The SMILES string of the molecule is N#Cc1cccnc1NCc1ccc(F)cc1. The molecule has 2 aromatic rings. The Morgan fingerprint density at radius 3 is 2.71 bits per heavy atom. The van der Waals surface area contributed by atoms with Crippen LogP contribution < -0.4 is 5.32 Å². The fourth-order valence-corrected chi connectivity index (χ4v) is 1.42. The number of nitrogens with one attached hydrogen (secondary N) is 1. The lowest BCUT2D eigenvalue weighted by atomic mass is 10.2. The van der Waals surface area contributed by atoms with E-state index >= 15 is 0 Å². The number of nitriles is 1. The number of rotatable bonds is 3. The summed E-state index contributed by atoms with van der Waals surface area (Å²) in [5.41, 5.74) is 1.43. The molecule has 3 nitrogen and oxygen atoms in total. The van der Waals surface area contributed by atoms with Gasteiger partial charge in [-0.25, -0.2) is 9.37 Å². The second-order valence-corrected chi connectivity index (χ2v) is 3.49. The predicted molar refractivity (Wildman–Crippen MR) is 62.7 cm³/mol. The van der Waals surface area contributed by atoms with Crippen LogP contribution in [0.15, 0.2) is 42.6 Å². The van der Waals surface area contributed by atoms with Crippen molar-refractivity contribution in [2.75, 3.05) is 5.32 Å². The van der Waals surface area contributed by atoms with E-state index in [2.05, 4.69) is 16.4 Å². The predicted octanol–water partition coefficient (Wildman–Crippen LogP) is 2.70. The molecule has 1 aromatic heterocycles. The van der Waals surface area contributed by atoms with Crippen LogP contribution >= 0.6 is 0 Å². The Kier molecular flexibility index (Phi) is 3.31. The molecule has 0 saturated heterocycles. The van der Waals surface area contributed by atoms with Crippen molar-refractivity contribution in [3.63, 3.8) is 0 Å². The van der Waals surface area contributed by atoms with Crippen molar-refractivity contribution in [3.8, 4) is 6.07 Å². The maximum Gasteiger partial charge on any atom is 0.144 e. The molecule has 0 amide bonds. The molecule has 0 aliphatic carbocycles. The normalized spacial score (nSPS) is 9.65. The maximum atomic E-state index is 12.7. The third kappa shape index (κ3) is 2.79. The molecular weight excluding hydrogens is 217 g/mol. The van der Waals surface area contributed by atoms with Crippen LogP contribution in [0.1, 0.15) is 11.1 Å². The minimum absolute atomic E-state index is 0.260. The van der Waals surface area contributed by atoms with E-state index in [0.717, 1.165) is 5.56 Å². The van der Waals surface area contributed by atoms with Gasteiger partial charge in [-0.05, 0) is 29.8 Å². The van der Waals surface area contributed by atoms with Crippen molar-refractivity contribution in [3.05, 3.63) is 59.5 Å². The zero-order chi connectivity index (χ0) is 12.1. The Bertz CT molecular complexity index is 543. The third-order valence-corrected chi connectivity index (χ3v) is 2.30. The molecule has 0 unspecified atom stereocenters. The summed E-state index contributed by atoms with van der Waals surface area (Å²) < 4.78 is 12.7. The summed E-state index contributed by atoms with van der Waals surface area (Å²) in [7, 11) is 0. The first-order chi connectivity index (χ1) is 8.29. The van der Waals surface area contributed by atoms with Crippen molar-refractivity contribution >= 4 is 5.82 Å². The van der Waals surface area contributed by atoms with Crippen LogP contribution in [0.25, 0.3) is 0 Å². The van der Waals surface area contributed by atoms with Crippen molar-refractivity contribution in [2.24, 2.45) is 0 Å². The molecule has 1 heterocycles. The molecule has 17 heavy (non-hydrogen) atoms. The standard InChI is InChI=1S/C13H10FN3/c14-12-5-3-10(4-6-12)9-17-13-11(8-15)2-1-7-16-13/h1-7H,9H2,(H,16,17). The average Bonchev–Trinajstić information content (AvgIpc) is 2.38. The van der Waals surface area contributed by atoms with E-state index in [1.54, 1.807) is 30.5 Å². The van der Waals surface area contributed by atoms with Crippen molar-refractivity contribution in [1.82, 2.24) is 4.98 Å². The zero-order valence-electron chi connectivity index (χ0n) is 9.02. The molecule has 0 fully saturated rings. The maximum absolute atomic E-state index is 12.7. The molecule has 0 radical (unpaired) electrons. The summed E-state index contributed by atoms with van der Waals surface area (Å²) in [5.74, 6) is 0.281. The Morgan fingerprint density at radius 2 is 2.00 bits per heavy atom. The summed E-state index contributed by atoms with van der Waals surface area (Å²) in [6, 6.07) is 11.7. The van der Waals surface area contributed by atoms with Crippen LogP contribution in [0.5, 0.6) is 0 Å². The van der Waals surface area contributed by atoms with Crippen LogP contribution in [0.3, 0.4) is 0 Å². The number of hydrogen-bond donors (Lipinski definition) is 1.